The van der Waals surface area contributed by atoms with E-state index in [4.69, 9.17) is 4.74 Å². The molecule has 4 heteroatoms. The fourth-order valence-corrected chi connectivity index (χ4v) is 2.95. The monoisotopic (exact) mass is 383 g/mol. The number of ether oxygens (including phenoxy) is 1. The highest BCUT2D eigenvalue weighted by Crippen LogP contribution is 2.27. The van der Waals surface area contributed by atoms with Gasteiger partial charge in [0.15, 0.2) is 0 Å². The Morgan fingerprint density at radius 1 is 1.00 bits per heavy atom. The molecule has 2 aromatic carbocycles. The molecule has 3 aromatic rings. The summed E-state index contributed by atoms with van der Waals surface area (Å²) in [5, 5.41) is 0. The molecule has 3 rings (SSSR count). The Bertz CT molecular complexity index is 848. The summed E-state index contributed by atoms with van der Waals surface area (Å²) in [6, 6.07) is 19.9. The Labute approximate surface area is 150 Å². The van der Waals surface area contributed by atoms with E-state index in [9.17, 15) is 4.79 Å². The first kappa shape index (κ1) is 16.5. The van der Waals surface area contributed by atoms with Gasteiger partial charge in [0, 0.05) is 15.9 Å². The first-order chi connectivity index (χ1) is 11.6. The van der Waals surface area contributed by atoms with Crippen molar-refractivity contribution < 1.29 is 9.53 Å². The normalized spacial score (nSPS) is 10.6. The molecule has 0 saturated carbocycles. The second-order valence-corrected chi connectivity index (χ2v) is 6.39. The number of halogens is 1. The first-order valence-electron chi connectivity index (χ1n) is 7.82. The molecule has 1 heterocycles. The molecular formula is C20H18BrNO2. The molecule has 0 spiro atoms. The van der Waals surface area contributed by atoms with Crippen LogP contribution in [-0.2, 0) is 4.74 Å². The van der Waals surface area contributed by atoms with Crippen molar-refractivity contribution in [3.8, 4) is 16.9 Å². The molecule has 122 valence electrons. The minimum atomic E-state index is -0.290. The number of aromatic nitrogens is 1. The van der Waals surface area contributed by atoms with Crippen LogP contribution in [0.2, 0.25) is 0 Å². The summed E-state index contributed by atoms with van der Waals surface area (Å²) in [6.45, 7) is 4.26. The van der Waals surface area contributed by atoms with Crippen LogP contribution in [0, 0.1) is 6.92 Å². The Morgan fingerprint density at radius 2 is 1.67 bits per heavy atom. The van der Waals surface area contributed by atoms with E-state index in [1.54, 1.807) is 19.1 Å². The topological polar surface area (TPSA) is 31.2 Å². The molecule has 0 aliphatic carbocycles. The smallest absolute Gasteiger partial charge is 0.338 e. The SMILES string of the molecule is CCOC(=O)c1ccc(-n2c(C)ccc2-c2ccc(Br)cc2)cc1. The number of nitrogens with zero attached hydrogens (tertiary/aromatic N) is 1. The van der Waals surface area contributed by atoms with Crippen molar-refractivity contribution in [2.75, 3.05) is 6.61 Å². The summed E-state index contributed by atoms with van der Waals surface area (Å²) >= 11 is 3.47. The number of carbonyl (C=O) groups is 1. The lowest BCUT2D eigenvalue weighted by Gasteiger charge is -2.13. The molecule has 0 radical (unpaired) electrons. The lowest BCUT2D eigenvalue weighted by Crippen LogP contribution is -2.05. The Balaban J connectivity index is 1.99. The van der Waals surface area contributed by atoms with Crippen molar-refractivity contribution in [3.05, 3.63) is 76.4 Å². The molecule has 1 aromatic heterocycles. The number of esters is 1. The molecular weight excluding hydrogens is 366 g/mol. The number of aryl methyl sites for hydroxylation is 1. The average Bonchev–Trinajstić information content (AvgIpc) is 2.97. The van der Waals surface area contributed by atoms with Crippen LogP contribution in [-0.4, -0.2) is 17.1 Å². The molecule has 0 unspecified atom stereocenters. The van der Waals surface area contributed by atoms with Crippen molar-refractivity contribution in [3.63, 3.8) is 0 Å². The second kappa shape index (κ2) is 7.05. The van der Waals surface area contributed by atoms with Crippen LogP contribution in [0.3, 0.4) is 0 Å². The van der Waals surface area contributed by atoms with Gasteiger partial charge in [0.25, 0.3) is 0 Å². The third kappa shape index (κ3) is 3.29. The second-order valence-electron chi connectivity index (χ2n) is 5.47. The standard InChI is InChI=1S/C20H18BrNO2/c1-3-24-20(23)16-7-11-18(12-8-16)22-14(2)4-13-19(22)15-5-9-17(21)10-6-15/h4-13H,3H2,1-2H3. The summed E-state index contributed by atoms with van der Waals surface area (Å²) in [7, 11) is 0. The van der Waals surface area contributed by atoms with Gasteiger partial charge in [-0.25, -0.2) is 4.79 Å². The summed E-state index contributed by atoms with van der Waals surface area (Å²) in [5.74, 6) is -0.290. The van der Waals surface area contributed by atoms with Crippen molar-refractivity contribution in [1.29, 1.82) is 0 Å². The molecule has 0 amide bonds. The highest BCUT2D eigenvalue weighted by Gasteiger charge is 2.11. The zero-order valence-corrected chi connectivity index (χ0v) is 15.2. The van der Waals surface area contributed by atoms with Gasteiger partial charge in [-0.2, -0.15) is 0 Å². The zero-order chi connectivity index (χ0) is 17.1. The third-order valence-electron chi connectivity index (χ3n) is 3.85. The van der Waals surface area contributed by atoms with Gasteiger partial charge in [0.2, 0.25) is 0 Å². The highest BCUT2D eigenvalue weighted by molar-refractivity contribution is 9.10. The Hall–Kier alpha value is -2.33. The lowest BCUT2D eigenvalue weighted by molar-refractivity contribution is 0.0526. The summed E-state index contributed by atoms with van der Waals surface area (Å²) < 4.78 is 8.27. The average molecular weight is 384 g/mol. The van der Waals surface area contributed by atoms with Crippen LogP contribution in [0.1, 0.15) is 23.0 Å². The first-order valence-corrected chi connectivity index (χ1v) is 8.61. The third-order valence-corrected chi connectivity index (χ3v) is 4.38. The van der Waals surface area contributed by atoms with Crippen LogP contribution >= 0.6 is 15.9 Å². The van der Waals surface area contributed by atoms with E-state index in [1.165, 1.54) is 0 Å². The largest absolute Gasteiger partial charge is 0.462 e. The predicted octanol–water partition coefficient (Wildman–Crippen LogP) is 5.39. The van der Waals surface area contributed by atoms with Crippen molar-refractivity contribution >= 4 is 21.9 Å². The van der Waals surface area contributed by atoms with Gasteiger partial charge >= 0.3 is 5.97 Å². The Morgan fingerprint density at radius 3 is 2.29 bits per heavy atom. The fraction of sp³-hybridized carbons (Fsp3) is 0.150. The van der Waals surface area contributed by atoms with Crippen molar-refractivity contribution in [2.45, 2.75) is 13.8 Å². The quantitative estimate of drug-likeness (QED) is 0.565. The minimum Gasteiger partial charge on any atom is -0.462 e. The van der Waals surface area contributed by atoms with E-state index in [1.807, 2.05) is 24.3 Å². The Kier molecular flexibility index (Phi) is 4.86. The summed E-state index contributed by atoms with van der Waals surface area (Å²) in [6.07, 6.45) is 0. The predicted molar refractivity (Wildman–Crippen MR) is 99.6 cm³/mol. The summed E-state index contributed by atoms with van der Waals surface area (Å²) in [5.41, 5.74) is 4.97. The van der Waals surface area contributed by atoms with Crippen LogP contribution in [0.15, 0.2) is 65.1 Å². The van der Waals surface area contributed by atoms with Gasteiger partial charge in [-0.15, -0.1) is 0 Å². The van der Waals surface area contributed by atoms with Gasteiger partial charge in [0.1, 0.15) is 0 Å². The molecule has 0 aliphatic rings. The molecule has 3 nitrogen and oxygen atoms in total. The molecule has 24 heavy (non-hydrogen) atoms. The number of hydrogen-bond donors (Lipinski definition) is 0. The van der Waals surface area contributed by atoms with E-state index in [-0.39, 0.29) is 5.97 Å². The van der Waals surface area contributed by atoms with Gasteiger partial charge in [-0.3, -0.25) is 0 Å². The maximum Gasteiger partial charge on any atom is 0.338 e. The number of carbonyl (C=O) groups excluding carboxylic acids is 1. The van der Waals surface area contributed by atoms with Crippen LogP contribution < -0.4 is 0 Å². The van der Waals surface area contributed by atoms with Crippen molar-refractivity contribution in [2.24, 2.45) is 0 Å². The highest BCUT2D eigenvalue weighted by atomic mass is 79.9. The van der Waals surface area contributed by atoms with Gasteiger partial charge < -0.3 is 9.30 Å². The maximum absolute atomic E-state index is 11.8. The lowest BCUT2D eigenvalue weighted by atomic mass is 10.1. The van der Waals surface area contributed by atoms with E-state index in [0.29, 0.717) is 12.2 Å². The fourth-order valence-electron chi connectivity index (χ4n) is 2.69. The van der Waals surface area contributed by atoms with E-state index < -0.39 is 0 Å². The van der Waals surface area contributed by atoms with E-state index in [2.05, 4.69) is 51.7 Å². The van der Waals surface area contributed by atoms with Crippen molar-refractivity contribution in [1.82, 2.24) is 4.57 Å². The van der Waals surface area contributed by atoms with Gasteiger partial charge in [-0.1, -0.05) is 28.1 Å². The molecule has 0 aliphatic heterocycles. The molecule has 0 N–H and O–H groups in total. The molecule has 0 atom stereocenters. The molecule has 0 bridgehead atoms. The summed E-state index contributed by atoms with van der Waals surface area (Å²) in [4.78, 5) is 11.8. The van der Waals surface area contributed by atoms with E-state index >= 15 is 0 Å². The van der Waals surface area contributed by atoms with Crippen LogP contribution in [0.4, 0.5) is 0 Å². The number of benzene rings is 2. The van der Waals surface area contributed by atoms with Gasteiger partial charge in [-0.05, 0) is 67.9 Å². The minimum absolute atomic E-state index is 0.290. The van der Waals surface area contributed by atoms with Crippen LogP contribution in [0.25, 0.3) is 16.9 Å². The maximum atomic E-state index is 11.8. The van der Waals surface area contributed by atoms with Crippen LogP contribution in [0.5, 0.6) is 0 Å². The van der Waals surface area contributed by atoms with E-state index in [0.717, 1.165) is 27.1 Å². The zero-order valence-electron chi connectivity index (χ0n) is 13.6. The molecule has 0 fully saturated rings. The molecule has 0 saturated heterocycles. The number of rotatable bonds is 4. The van der Waals surface area contributed by atoms with Gasteiger partial charge in [0.05, 0.1) is 17.9 Å². The number of hydrogen-bond acceptors (Lipinski definition) is 2.